The maximum Gasteiger partial charge on any atom is 0.254 e. The van der Waals surface area contributed by atoms with Crippen LogP contribution < -0.4 is 5.32 Å². The number of rotatable bonds is 2. The molecule has 22 heavy (non-hydrogen) atoms. The van der Waals surface area contributed by atoms with E-state index in [4.69, 9.17) is 0 Å². The highest BCUT2D eigenvalue weighted by Gasteiger charge is 2.36. The second-order valence-electron chi connectivity index (χ2n) is 6.86. The summed E-state index contributed by atoms with van der Waals surface area (Å²) in [5, 5.41) is 7.70. The number of aromatic nitrogens is 4. The van der Waals surface area contributed by atoms with Crippen molar-refractivity contribution < 1.29 is 4.79 Å². The number of fused-ring (bicyclic) bond motifs is 1. The molecule has 1 amide bonds. The van der Waals surface area contributed by atoms with E-state index in [9.17, 15) is 4.79 Å². The standard InChI is InChI=1S/C15H22N6O/c1-9-10(2)18-14-16-8-17-21(14)13(9)19-11-6-12(22)20(7-11)15(3,4)5/h8,11,19H,6-7H2,1-5H3. The molecule has 1 unspecified atom stereocenters. The molecule has 0 saturated carbocycles. The predicted molar refractivity (Wildman–Crippen MR) is 83.7 cm³/mol. The number of nitrogens with zero attached hydrogens (tertiary/aromatic N) is 5. The Morgan fingerprint density at radius 3 is 2.68 bits per heavy atom. The number of likely N-dealkylation sites (tertiary alicyclic amines) is 1. The van der Waals surface area contributed by atoms with Gasteiger partial charge in [-0.15, -0.1) is 0 Å². The van der Waals surface area contributed by atoms with Crippen LogP contribution in [0.4, 0.5) is 5.82 Å². The third-order valence-electron chi connectivity index (χ3n) is 4.18. The normalized spacial score (nSPS) is 19.2. The van der Waals surface area contributed by atoms with Crippen LogP contribution in [-0.4, -0.2) is 48.5 Å². The Morgan fingerprint density at radius 1 is 1.32 bits per heavy atom. The van der Waals surface area contributed by atoms with E-state index < -0.39 is 0 Å². The van der Waals surface area contributed by atoms with Gasteiger partial charge in [-0.1, -0.05) is 0 Å². The van der Waals surface area contributed by atoms with E-state index in [2.05, 4.69) is 41.2 Å². The quantitative estimate of drug-likeness (QED) is 0.911. The number of carbonyl (C=O) groups is 1. The van der Waals surface area contributed by atoms with Gasteiger partial charge in [0.25, 0.3) is 5.78 Å². The first-order valence-corrected chi connectivity index (χ1v) is 7.51. The maximum atomic E-state index is 12.2. The highest BCUT2D eigenvalue weighted by Crippen LogP contribution is 2.26. The number of hydrogen-bond acceptors (Lipinski definition) is 5. The molecule has 3 heterocycles. The van der Waals surface area contributed by atoms with Crippen molar-refractivity contribution in [2.45, 2.75) is 52.6 Å². The van der Waals surface area contributed by atoms with Gasteiger partial charge in [-0.3, -0.25) is 4.79 Å². The number of carbonyl (C=O) groups excluding carboxylic acids is 1. The summed E-state index contributed by atoms with van der Waals surface area (Å²) in [6.45, 7) is 10.8. The molecule has 0 radical (unpaired) electrons. The molecule has 7 heteroatoms. The first-order chi connectivity index (χ1) is 10.3. The summed E-state index contributed by atoms with van der Waals surface area (Å²) in [5.74, 6) is 1.62. The van der Waals surface area contributed by atoms with Gasteiger partial charge in [-0.2, -0.15) is 14.6 Å². The summed E-state index contributed by atoms with van der Waals surface area (Å²) in [4.78, 5) is 22.7. The van der Waals surface area contributed by atoms with E-state index in [1.165, 1.54) is 6.33 Å². The number of amides is 1. The first-order valence-electron chi connectivity index (χ1n) is 7.51. The molecule has 118 valence electrons. The minimum Gasteiger partial charge on any atom is -0.365 e. The van der Waals surface area contributed by atoms with Crippen LogP contribution in [0, 0.1) is 13.8 Å². The Kier molecular flexibility index (Phi) is 3.30. The Morgan fingerprint density at radius 2 is 2.05 bits per heavy atom. The van der Waals surface area contributed by atoms with Crippen LogP contribution in [0.2, 0.25) is 0 Å². The van der Waals surface area contributed by atoms with Crippen molar-refractivity contribution in [2.24, 2.45) is 0 Å². The van der Waals surface area contributed by atoms with Crippen molar-refractivity contribution in [3.05, 3.63) is 17.6 Å². The molecule has 1 saturated heterocycles. The Balaban J connectivity index is 1.90. The fourth-order valence-corrected chi connectivity index (χ4v) is 2.85. The van der Waals surface area contributed by atoms with Crippen molar-refractivity contribution in [3.63, 3.8) is 0 Å². The molecule has 1 atom stereocenters. The predicted octanol–water partition coefficient (Wildman–Crippen LogP) is 1.55. The van der Waals surface area contributed by atoms with Gasteiger partial charge in [0, 0.05) is 29.8 Å². The van der Waals surface area contributed by atoms with E-state index in [-0.39, 0.29) is 17.5 Å². The molecular weight excluding hydrogens is 280 g/mol. The topological polar surface area (TPSA) is 75.4 Å². The van der Waals surface area contributed by atoms with Crippen molar-refractivity contribution in [1.82, 2.24) is 24.5 Å². The van der Waals surface area contributed by atoms with E-state index >= 15 is 0 Å². The monoisotopic (exact) mass is 302 g/mol. The van der Waals surface area contributed by atoms with Crippen LogP contribution in [0.5, 0.6) is 0 Å². The summed E-state index contributed by atoms with van der Waals surface area (Å²) in [6.07, 6.45) is 1.99. The van der Waals surface area contributed by atoms with Gasteiger partial charge in [0.05, 0.1) is 6.04 Å². The zero-order valence-corrected chi connectivity index (χ0v) is 13.7. The zero-order chi connectivity index (χ0) is 16.1. The van der Waals surface area contributed by atoms with Crippen molar-refractivity contribution in [3.8, 4) is 0 Å². The molecule has 1 N–H and O–H groups in total. The largest absolute Gasteiger partial charge is 0.365 e. The molecule has 7 nitrogen and oxygen atoms in total. The van der Waals surface area contributed by atoms with Crippen LogP contribution >= 0.6 is 0 Å². The second kappa shape index (κ2) is 4.93. The van der Waals surface area contributed by atoms with Gasteiger partial charge >= 0.3 is 0 Å². The third-order valence-corrected chi connectivity index (χ3v) is 4.18. The van der Waals surface area contributed by atoms with Crippen molar-refractivity contribution >= 4 is 17.5 Å². The second-order valence-corrected chi connectivity index (χ2v) is 6.86. The van der Waals surface area contributed by atoms with Crippen LogP contribution in [0.3, 0.4) is 0 Å². The molecule has 0 bridgehead atoms. The molecule has 0 spiro atoms. The highest BCUT2D eigenvalue weighted by molar-refractivity contribution is 5.80. The van der Waals surface area contributed by atoms with Crippen LogP contribution in [-0.2, 0) is 4.79 Å². The highest BCUT2D eigenvalue weighted by atomic mass is 16.2. The summed E-state index contributed by atoms with van der Waals surface area (Å²) in [5.41, 5.74) is 1.79. The average molecular weight is 302 g/mol. The molecule has 1 aliphatic rings. The van der Waals surface area contributed by atoms with E-state index in [1.54, 1.807) is 4.52 Å². The van der Waals surface area contributed by atoms with Crippen LogP contribution in [0.15, 0.2) is 6.33 Å². The fraction of sp³-hybridized carbons (Fsp3) is 0.600. The maximum absolute atomic E-state index is 12.2. The summed E-state index contributed by atoms with van der Waals surface area (Å²) < 4.78 is 1.70. The first kappa shape index (κ1) is 14.7. The number of nitrogens with one attached hydrogen (secondary N) is 1. The molecule has 2 aromatic rings. The van der Waals surface area contributed by atoms with Gasteiger partial charge in [0.15, 0.2) is 0 Å². The number of hydrogen-bond donors (Lipinski definition) is 1. The fourth-order valence-electron chi connectivity index (χ4n) is 2.85. The lowest BCUT2D eigenvalue weighted by Crippen LogP contribution is -2.43. The lowest BCUT2D eigenvalue weighted by molar-refractivity contribution is -0.131. The van der Waals surface area contributed by atoms with E-state index in [0.717, 1.165) is 17.1 Å². The van der Waals surface area contributed by atoms with Gasteiger partial charge in [0.2, 0.25) is 5.91 Å². The molecular formula is C15H22N6O. The van der Waals surface area contributed by atoms with Gasteiger partial charge in [-0.05, 0) is 34.6 Å². The summed E-state index contributed by atoms with van der Waals surface area (Å²) >= 11 is 0. The van der Waals surface area contributed by atoms with Gasteiger partial charge in [-0.25, -0.2) is 4.98 Å². The molecule has 2 aromatic heterocycles. The SMILES string of the molecule is Cc1nc2ncnn2c(NC2CC(=O)N(C(C)(C)C)C2)c1C. The Bertz CT molecular complexity index is 729. The molecule has 1 aliphatic heterocycles. The Hall–Kier alpha value is -2.18. The minimum absolute atomic E-state index is 0.0691. The van der Waals surface area contributed by atoms with Gasteiger partial charge < -0.3 is 10.2 Å². The number of aryl methyl sites for hydroxylation is 1. The summed E-state index contributed by atoms with van der Waals surface area (Å²) in [6, 6.07) is 0.0691. The number of anilines is 1. The minimum atomic E-state index is -0.153. The smallest absolute Gasteiger partial charge is 0.254 e. The van der Waals surface area contributed by atoms with E-state index in [0.29, 0.717) is 18.7 Å². The molecule has 1 fully saturated rings. The third kappa shape index (κ3) is 2.40. The van der Waals surface area contributed by atoms with Crippen LogP contribution in [0.1, 0.15) is 38.4 Å². The lowest BCUT2D eigenvalue weighted by Gasteiger charge is -2.32. The molecule has 0 aliphatic carbocycles. The average Bonchev–Trinajstić information content (AvgIpc) is 3.00. The van der Waals surface area contributed by atoms with Crippen molar-refractivity contribution in [2.75, 3.05) is 11.9 Å². The van der Waals surface area contributed by atoms with Gasteiger partial charge in [0.1, 0.15) is 12.1 Å². The Labute approximate surface area is 129 Å². The lowest BCUT2D eigenvalue weighted by atomic mass is 10.1. The molecule has 0 aromatic carbocycles. The van der Waals surface area contributed by atoms with E-state index in [1.807, 2.05) is 18.7 Å². The van der Waals surface area contributed by atoms with Crippen LogP contribution in [0.25, 0.3) is 5.78 Å². The summed E-state index contributed by atoms with van der Waals surface area (Å²) in [7, 11) is 0. The molecule has 3 rings (SSSR count). The zero-order valence-electron chi connectivity index (χ0n) is 13.7. The van der Waals surface area contributed by atoms with Crippen molar-refractivity contribution in [1.29, 1.82) is 0 Å².